The second-order valence-corrected chi connectivity index (χ2v) is 6.19. The van der Waals surface area contributed by atoms with Crippen LogP contribution in [0.4, 0.5) is 0 Å². The molecule has 0 amide bonds. The maximum atomic E-state index is 12.7. The van der Waals surface area contributed by atoms with Crippen LogP contribution in [0.3, 0.4) is 0 Å². The van der Waals surface area contributed by atoms with Gasteiger partial charge in [0.05, 0.1) is 6.61 Å². The van der Waals surface area contributed by atoms with E-state index in [9.17, 15) is 9.59 Å². The number of hydrogen-bond donors (Lipinski definition) is 0. The highest BCUT2D eigenvalue weighted by atomic mass is 32.1. The molecule has 0 atom stereocenters. The van der Waals surface area contributed by atoms with Gasteiger partial charge in [0.2, 0.25) is 0 Å². The normalized spacial score (nSPS) is 11.2. The van der Waals surface area contributed by atoms with E-state index in [0.717, 1.165) is 15.8 Å². The van der Waals surface area contributed by atoms with Crippen molar-refractivity contribution in [2.24, 2.45) is 0 Å². The topological polar surface area (TPSA) is 56.5 Å². The van der Waals surface area contributed by atoms with Gasteiger partial charge in [0, 0.05) is 16.3 Å². The first-order chi connectivity index (χ1) is 11.6. The first-order valence-corrected chi connectivity index (χ1v) is 8.44. The van der Waals surface area contributed by atoms with Crippen LogP contribution in [-0.4, -0.2) is 12.4 Å². The zero-order valence-electron chi connectivity index (χ0n) is 13.4. The van der Waals surface area contributed by atoms with Crippen molar-refractivity contribution in [1.29, 1.82) is 0 Å². The molecule has 0 saturated heterocycles. The van der Waals surface area contributed by atoms with Crippen LogP contribution in [0.2, 0.25) is 0 Å². The molecular formula is C19H16O4S. The Bertz CT molecular complexity index is 965. The van der Waals surface area contributed by atoms with E-state index >= 15 is 0 Å². The molecule has 3 rings (SSSR count). The molecule has 0 aliphatic rings. The van der Waals surface area contributed by atoms with Crippen LogP contribution in [0.1, 0.15) is 27.7 Å². The van der Waals surface area contributed by atoms with Crippen LogP contribution in [0.15, 0.2) is 51.0 Å². The Labute approximate surface area is 143 Å². The first kappa shape index (κ1) is 16.2. The van der Waals surface area contributed by atoms with Crippen molar-refractivity contribution in [1.82, 2.24) is 0 Å². The van der Waals surface area contributed by atoms with Gasteiger partial charge in [-0.2, -0.15) is 0 Å². The molecule has 4 nitrogen and oxygen atoms in total. The number of rotatable bonds is 5. The lowest BCUT2D eigenvalue weighted by Crippen LogP contribution is -2.06. The van der Waals surface area contributed by atoms with Crippen molar-refractivity contribution in [3.8, 4) is 5.75 Å². The monoisotopic (exact) mass is 340 g/mol. The van der Waals surface area contributed by atoms with Crippen molar-refractivity contribution in [2.75, 3.05) is 6.61 Å². The average Bonchev–Trinajstić information content (AvgIpc) is 3.06. The van der Waals surface area contributed by atoms with E-state index in [2.05, 4.69) is 0 Å². The summed E-state index contributed by atoms with van der Waals surface area (Å²) in [6, 6.07) is 8.80. The van der Waals surface area contributed by atoms with Gasteiger partial charge in [0.25, 0.3) is 0 Å². The van der Waals surface area contributed by atoms with Crippen LogP contribution in [0.25, 0.3) is 17.0 Å². The predicted octanol–water partition coefficient (Wildman–Crippen LogP) is 4.46. The molecule has 0 fully saturated rings. The van der Waals surface area contributed by atoms with Crippen LogP contribution in [-0.2, 0) is 0 Å². The highest BCUT2D eigenvalue weighted by molar-refractivity contribution is 7.10. The van der Waals surface area contributed by atoms with Crippen LogP contribution in [0, 0.1) is 6.92 Å². The molecule has 0 aliphatic heterocycles. The molecule has 0 saturated carbocycles. The highest BCUT2D eigenvalue weighted by Gasteiger charge is 2.18. The number of ether oxygens (including phenoxy) is 1. The minimum atomic E-state index is -0.482. The lowest BCUT2D eigenvalue weighted by Gasteiger charge is -2.11. The van der Waals surface area contributed by atoms with Crippen molar-refractivity contribution < 1.29 is 13.9 Å². The smallest absolute Gasteiger partial charge is 0.336 e. The van der Waals surface area contributed by atoms with E-state index in [0.29, 0.717) is 12.4 Å². The third-order valence-corrected chi connectivity index (χ3v) is 4.41. The fraction of sp³-hybridized carbons (Fsp3) is 0.158. The van der Waals surface area contributed by atoms with Gasteiger partial charge >= 0.3 is 5.63 Å². The molecule has 3 aromatic rings. The molecule has 1 aromatic carbocycles. The number of ketones is 1. The van der Waals surface area contributed by atoms with Gasteiger partial charge < -0.3 is 9.15 Å². The molecule has 0 aliphatic carbocycles. The van der Waals surface area contributed by atoms with Crippen molar-refractivity contribution in [3.63, 3.8) is 0 Å². The molecule has 2 heterocycles. The Balaban J connectivity index is 2.17. The number of carbonyl (C=O) groups excluding carboxylic acids is 1. The molecule has 122 valence electrons. The number of hydrogen-bond acceptors (Lipinski definition) is 5. The molecule has 0 bridgehead atoms. The van der Waals surface area contributed by atoms with E-state index in [4.69, 9.17) is 9.15 Å². The Morgan fingerprint density at radius 2 is 2.17 bits per heavy atom. The average molecular weight is 340 g/mol. The maximum absolute atomic E-state index is 12.7. The van der Waals surface area contributed by atoms with E-state index in [1.54, 1.807) is 18.2 Å². The second kappa shape index (κ2) is 6.84. The van der Waals surface area contributed by atoms with Gasteiger partial charge in [0.1, 0.15) is 11.3 Å². The quantitative estimate of drug-likeness (QED) is 0.391. The van der Waals surface area contributed by atoms with E-state index < -0.39 is 5.63 Å². The second-order valence-electron chi connectivity index (χ2n) is 5.21. The Kier molecular flexibility index (Phi) is 4.62. The Morgan fingerprint density at radius 1 is 1.33 bits per heavy atom. The molecule has 0 N–H and O–H groups in total. The Hall–Kier alpha value is -2.66. The summed E-state index contributed by atoms with van der Waals surface area (Å²) in [6.45, 7) is 4.07. The van der Waals surface area contributed by atoms with Crippen LogP contribution < -0.4 is 10.4 Å². The van der Waals surface area contributed by atoms with Crippen LogP contribution in [0.5, 0.6) is 5.75 Å². The van der Waals surface area contributed by atoms with Gasteiger partial charge in [-0.25, -0.2) is 4.79 Å². The summed E-state index contributed by atoms with van der Waals surface area (Å²) >= 11 is 1.54. The third-order valence-electron chi connectivity index (χ3n) is 3.57. The lowest BCUT2D eigenvalue weighted by molar-refractivity contribution is 0.104. The molecule has 0 radical (unpaired) electrons. The maximum Gasteiger partial charge on any atom is 0.336 e. The van der Waals surface area contributed by atoms with Gasteiger partial charge in [-0.05, 0) is 55.1 Å². The van der Waals surface area contributed by atoms with Crippen molar-refractivity contribution in [3.05, 3.63) is 68.2 Å². The van der Waals surface area contributed by atoms with Crippen LogP contribution >= 0.6 is 11.3 Å². The molecule has 5 heteroatoms. The number of allylic oxidation sites excluding steroid dienone is 1. The number of carbonyl (C=O) groups is 1. The number of benzene rings is 1. The number of aryl methyl sites for hydroxylation is 1. The summed E-state index contributed by atoms with van der Waals surface area (Å²) in [5, 5.41) is 2.67. The summed E-state index contributed by atoms with van der Waals surface area (Å²) in [4.78, 5) is 25.5. The van der Waals surface area contributed by atoms with Crippen molar-refractivity contribution in [2.45, 2.75) is 13.8 Å². The fourth-order valence-electron chi connectivity index (χ4n) is 2.50. The van der Waals surface area contributed by atoms with E-state index in [1.807, 2.05) is 31.4 Å². The van der Waals surface area contributed by atoms with E-state index in [-0.39, 0.29) is 16.9 Å². The van der Waals surface area contributed by atoms with Gasteiger partial charge in [0.15, 0.2) is 11.4 Å². The zero-order valence-corrected chi connectivity index (χ0v) is 14.2. The standard InChI is InChI=1S/C19H16O4S/c1-3-22-16-9-7-14-12(2)11-17(21)23-19(14)18(16)15(20)8-6-13-5-4-10-24-13/h4-11H,3H2,1-2H3/b8-6+. The predicted molar refractivity (Wildman–Crippen MR) is 96.1 cm³/mol. The largest absolute Gasteiger partial charge is 0.493 e. The Morgan fingerprint density at radius 3 is 2.88 bits per heavy atom. The summed E-state index contributed by atoms with van der Waals surface area (Å²) in [6.07, 6.45) is 3.22. The molecule has 24 heavy (non-hydrogen) atoms. The third kappa shape index (κ3) is 3.16. The number of fused-ring (bicyclic) bond motifs is 1. The summed E-state index contributed by atoms with van der Waals surface area (Å²) in [5.74, 6) is 0.158. The molecule has 2 aromatic heterocycles. The van der Waals surface area contributed by atoms with Gasteiger partial charge in [-0.3, -0.25) is 4.79 Å². The fourth-order valence-corrected chi connectivity index (χ4v) is 3.12. The van der Waals surface area contributed by atoms with Crippen molar-refractivity contribution >= 4 is 34.2 Å². The number of thiophene rings is 1. The van der Waals surface area contributed by atoms with Gasteiger partial charge in [-0.1, -0.05) is 6.07 Å². The SMILES string of the molecule is CCOc1ccc2c(C)cc(=O)oc2c1C(=O)/C=C/c1cccs1. The summed E-state index contributed by atoms with van der Waals surface area (Å²) in [5.41, 5.74) is 0.834. The zero-order chi connectivity index (χ0) is 17.1. The lowest BCUT2D eigenvalue weighted by atomic mass is 10.0. The summed E-state index contributed by atoms with van der Waals surface area (Å²) < 4.78 is 10.9. The molecule has 0 unspecified atom stereocenters. The molecular weight excluding hydrogens is 324 g/mol. The minimum absolute atomic E-state index is 0.258. The summed E-state index contributed by atoms with van der Waals surface area (Å²) in [7, 11) is 0. The van der Waals surface area contributed by atoms with Gasteiger partial charge in [-0.15, -0.1) is 11.3 Å². The van der Waals surface area contributed by atoms with E-state index in [1.165, 1.54) is 23.5 Å². The molecule has 0 spiro atoms. The highest BCUT2D eigenvalue weighted by Crippen LogP contribution is 2.30. The minimum Gasteiger partial charge on any atom is -0.493 e. The first-order valence-electron chi connectivity index (χ1n) is 7.56.